The van der Waals surface area contributed by atoms with Crippen molar-refractivity contribution >= 4 is 11.8 Å². The molecule has 0 aliphatic heterocycles. The summed E-state index contributed by atoms with van der Waals surface area (Å²) in [6.07, 6.45) is 12.7. The molecule has 84 valence electrons. The Morgan fingerprint density at radius 2 is 2.00 bits per heavy atom. The zero-order valence-corrected chi connectivity index (χ0v) is 9.35. The number of aromatic nitrogens is 1. The number of hydrogen-bond acceptors (Lipinski definition) is 3. The van der Waals surface area contributed by atoms with Crippen molar-refractivity contribution in [2.45, 2.75) is 44.4 Å². The van der Waals surface area contributed by atoms with Gasteiger partial charge in [0.1, 0.15) is 0 Å². The van der Waals surface area contributed by atoms with Crippen LogP contribution in [0.3, 0.4) is 0 Å². The van der Waals surface area contributed by atoms with Crippen LogP contribution in [0.5, 0.6) is 0 Å². The molecule has 0 amide bonds. The van der Waals surface area contributed by atoms with Crippen LogP contribution in [0.1, 0.15) is 50.0 Å². The van der Waals surface area contributed by atoms with Gasteiger partial charge in [-0.1, -0.05) is 25.7 Å². The number of pyridine rings is 1. The molecule has 1 heterocycles. The zero-order valence-electron chi connectivity index (χ0n) is 9.35. The molecular weight excluding hydrogens is 200 g/mol. The van der Waals surface area contributed by atoms with E-state index >= 15 is 0 Å². The fraction of sp³-hybridized carbons (Fsp3) is 0.538. The van der Waals surface area contributed by atoms with Gasteiger partial charge in [-0.25, -0.2) is 4.79 Å². The van der Waals surface area contributed by atoms with E-state index in [1.54, 1.807) is 18.5 Å². The number of aliphatic imine (C=N–C) groups is 1. The molecule has 0 radical (unpaired) electrons. The lowest BCUT2D eigenvalue weighted by Crippen LogP contribution is -1.98. The molecule has 0 unspecified atom stereocenters. The predicted octanol–water partition coefficient (Wildman–Crippen LogP) is 3.49. The summed E-state index contributed by atoms with van der Waals surface area (Å²) in [5.41, 5.74) is 1.87. The summed E-state index contributed by atoms with van der Waals surface area (Å²) in [5.74, 6) is 0.539. The average Bonchev–Trinajstić information content (AvgIpc) is 2.59. The number of rotatable bonds is 2. The van der Waals surface area contributed by atoms with Crippen molar-refractivity contribution in [2.24, 2.45) is 4.99 Å². The molecule has 16 heavy (non-hydrogen) atoms. The maximum atomic E-state index is 10.4. The van der Waals surface area contributed by atoms with Crippen LogP contribution in [-0.2, 0) is 4.79 Å². The molecule has 3 nitrogen and oxygen atoms in total. The van der Waals surface area contributed by atoms with Gasteiger partial charge in [-0.15, -0.1) is 0 Å². The Morgan fingerprint density at radius 3 is 2.69 bits per heavy atom. The second-order valence-corrected chi connectivity index (χ2v) is 4.33. The van der Waals surface area contributed by atoms with E-state index in [1.807, 2.05) is 6.07 Å². The van der Waals surface area contributed by atoms with Crippen molar-refractivity contribution in [1.29, 1.82) is 0 Å². The third-order valence-corrected chi connectivity index (χ3v) is 3.29. The standard InChI is InChI=1S/C13H16N2O/c16-10-15-13-9-14-8-7-12(13)11-5-3-1-2-4-6-11/h7-9,11H,1-6H2. The monoisotopic (exact) mass is 216 g/mol. The van der Waals surface area contributed by atoms with E-state index in [0.717, 1.165) is 0 Å². The van der Waals surface area contributed by atoms with Crippen molar-refractivity contribution in [3.8, 4) is 0 Å². The Kier molecular flexibility index (Phi) is 3.84. The molecule has 0 atom stereocenters. The number of nitrogens with zero attached hydrogens (tertiary/aromatic N) is 2. The van der Waals surface area contributed by atoms with Gasteiger partial charge < -0.3 is 0 Å². The molecule has 1 fully saturated rings. The Hall–Kier alpha value is -1.47. The lowest BCUT2D eigenvalue weighted by Gasteiger charge is -2.15. The normalized spacial score (nSPS) is 17.5. The molecule has 1 aliphatic carbocycles. The first-order valence-corrected chi connectivity index (χ1v) is 5.93. The summed E-state index contributed by atoms with van der Waals surface area (Å²) in [6, 6.07) is 1.99. The zero-order chi connectivity index (χ0) is 11.2. The minimum atomic E-state index is 0.539. The van der Waals surface area contributed by atoms with Gasteiger partial charge in [0.2, 0.25) is 6.08 Å². The van der Waals surface area contributed by atoms with Crippen LogP contribution in [-0.4, -0.2) is 11.1 Å². The van der Waals surface area contributed by atoms with Gasteiger partial charge in [-0.05, 0) is 30.4 Å². The van der Waals surface area contributed by atoms with Crippen LogP contribution in [0.2, 0.25) is 0 Å². The van der Waals surface area contributed by atoms with E-state index in [-0.39, 0.29) is 0 Å². The topological polar surface area (TPSA) is 42.3 Å². The van der Waals surface area contributed by atoms with Gasteiger partial charge in [0.25, 0.3) is 0 Å². The summed E-state index contributed by atoms with van der Waals surface area (Å²) >= 11 is 0. The van der Waals surface area contributed by atoms with Crippen molar-refractivity contribution in [1.82, 2.24) is 4.98 Å². The van der Waals surface area contributed by atoms with Gasteiger partial charge in [0, 0.05) is 6.20 Å². The molecule has 0 saturated heterocycles. The van der Waals surface area contributed by atoms with Crippen molar-refractivity contribution in [3.05, 3.63) is 24.0 Å². The minimum absolute atomic E-state index is 0.539. The first-order valence-electron chi connectivity index (χ1n) is 5.93. The number of hydrogen-bond donors (Lipinski definition) is 0. The fourth-order valence-electron chi connectivity index (χ4n) is 2.48. The molecule has 1 saturated carbocycles. The Morgan fingerprint density at radius 1 is 1.25 bits per heavy atom. The highest BCUT2D eigenvalue weighted by Gasteiger charge is 2.17. The molecule has 3 heteroatoms. The molecule has 0 spiro atoms. The first-order chi connectivity index (χ1) is 7.92. The van der Waals surface area contributed by atoms with E-state index in [4.69, 9.17) is 0 Å². The molecule has 0 aromatic carbocycles. The maximum Gasteiger partial charge on any atom is 0.240 e. The van der Waals surface area contributed by atoms with E-state index in [2.05, 4.69) is 9.98 Å². The number of carbonyl (C=O) groups excluding carboxylic acids is 1. The lowest BCUT2D eigenvalue weighted by atomic mass is 9.91. The highest BCUT2D eigenvalue weighted by molar-refractivity contribution is 5.53. The van der Waals surface area contributed by atoms with Gasteiger partial charge in [-0.3, -0.25) is 4.98 Å². The fourth-order valence-corrected chi connectivity index (χ4v) is 2.48. The van der Waals surface area contributed by atoms with E-state index in [9.17, 15) is 4.79 Å². The minimum Gasteiger partial charge on any atom is -0.262 e. The second kappa shape index (κ2) is 5.57. The highest BCUT2D eigenvalue weighted by atomic mass is 16.1. The first kappa shape index (κ1) is 11.0. The van der Waals surface area contributed by atoms with Crippen LogP contribution in [0.15, 0.2) is 23.5 Å². The van der Waals surface area contributed by atoms with Gasteiger partial charge in [0.05, 0.1) is 11.9 Å². The SMILES string of the molecule is O=C=Nc1cnccc1C1CCCCCC1. The third-order valence-electron chi connectivity index (χ3n) is 3.29. The average molecular weight is 216 g/mol. The third kappa shape index (κ3) is 2.56. The molecular formula is C13H16N2O. The summed E-state index contributed by atoms with van der Waals surface area (Å²) in [4.78, 5) is 18.1. The summed E-state index contributed by atoms with van der Waals surface area (Å²) in [6.45, 7) is 0. The molecule has 1 aromatic heterocycles. The molecule has 0 N–H and O–H groups in total. The quantitative estimate of drug-likeness (QED) is 0.431. The largest absolute Gasteiger partial charge is 0.262 e. The summed E-state index contributed by atoms with van der Waals surface area (Å²) < 4.78 is 0. The van der Waals surface area contributed by atoms with Crippen molar-refractivity contribution < 1.29 is 4.79 Å². The predicted molar refractivity (Wildman–Crippen MR) is 62.5 cm³/mol. The van der Waals surface area contributed by atoms with Crippen LogP contribution in [0.25, 0.3) is 0 Å². The number of isocyanates is 1. The van der Waals surface area contributed by atoms with E-state index in [0.29, 0.717) is 11.6 Å². The Labute approximate surface area is 95.6 Å². The van der Waals surface area contributed by atoms with Crippen LogP contribution in [0, 0.1) is 0 Å². The highest BCUT2D eigenvalue weighted by Crippen LogP contribution is 2.35. The van der Waals surface area contributed by atoms with Gasteiger partial charge in [0.15, 0.2) is 0 Å². The lowest BCUT2D eigenvalue weighted by molar-refractivity contribution is 0.564. The molecule has 2 rings (SSSR count). The van der Waals surface area contributed by atoms with E-state index in [1.165, 1.54) is 44.1 Å². The van der Waals surface area contributed by atoms with E-state index < -0.39 is 0 Å². The molecule has 1 aliphatic rings. The maximum absolute atomic E-state index is 10.4. The van der Waals surface area contributed by atoms with Gasteiger partial charge >= 0.3 is 0 Å². The van der Waals surface area contributed by atoms with Crippen molar-refractivity contribution in [2.75, 3.05) is 0 Å². The van der Waals surface area contributed by atoms with Crippen LogP contribution in [0.4, 0.5) is 5.69 Å². The molecule has 1 aromatic rings. The molecule has 0 bridgehead atoms. The van der Waals surface area contributed by atoms with Crippen LogP contribution >= 0.6 is 0 Å². The van der Waals surface area contributed by atoms with Crippen molar-refractivity contribution in [3.63, 3.8) is 0 Å². The van der Waals surface area contributed by atoms with Gasteiger partial charge in [-0.2, -0.15) is 4.99 Å². The van der Waals surface area contributed by atoms with Crippen LogP contribution < -0.4 is 0 Å². The smallest absolute Gasteiger partial charge is 0.240 e. The summed E-state index contributed by atoms with van der Waals surface area (Å²) in [5, 5.41) is 0. The summed E-state index contributed by atoms with van der Waals surface area (Å²) in [7, 11) is 0. The Bertz CT molecular complexity index is 389. The second-order valence-electron chi connectivity index (χ2n) is 4.33. The Balaban J connectivity index is 2.26.